The van der Waals surface area contributed by atoms with E-state index in [0.29, 0.717) is 19.8 Å². The van der Waals surface area contributed by atoms with Gasteiger partial charge in [-0.05, 0) is 6.04 Å². The SMILES string of the molecule is C[Si](C)(C)CCOCn1cc([N+](=O)[O-])c(O[C@@H]2CCOC2)n1. The van der Waals surface area contributed by atoms with Crippen LogP contribution in [-0.4, -0.2) is 48.7 Å². The van der Waals surface area contributed by atoms with Crippen molar-refractivity contribution in [2.75, 3.05) is 19.8 Å². The van der Waals surface area contributed by atoms with Gasteiger partial charge in [0, 0.05) is 21.1 Å². The average Bonchev–Trinajstić information content (AvgIpc) is 3.04. The molecule has 0 unspecified atom stereocenters. The summed E-state index contributed by atoms with van der Waals surface area (Å²) in [6.45, 7) is 8.68. The van der Waals surface area contributed by atoms with Crippen LogP contribution in [0.15, 0.2) is 6.20 Å². The first kappa shape index (κ1) is 16.9. The zero-order valence-corrected chi connectivity index (χ0v) is 14.3. The number of ether oxygens (including phenoxy) is 3. The minimum Gasteiger partial charge on any atom is -0.466 e. The normalized spacial score (nSPS) is 18.6. The number of aromatic nitrogens is 2. The van der Waals surface area contributed by atoms with E-state index in [2.05, 4.69) is 24.7 Å². The minimum atomic E-state index is -1.15. The maximum Gasteiger partial charge on any atom is 0.350 e. The quantitative estimate of drug-likeness (QED) is 0.315. The third-order valence-corrected chi connectivity index (χ3v) is 5.00. The van der Waals surface area contributed by atoms with Crippen molar-refractivity contribution in [2.45, 2.75) is 44.9 Å². The van der Waals surface area contributed by atoms with Crippen LogP contribution in [0.1, 0.15) is 6.42 Å². The highest BCUT2D eigenvalue weighted by atomic mass is 28.3. The number of hydrogen-bond donors (Lipinski definition) is 0. The monoisotopic (exact) mass is 329 g/mol. The van der Waals surface area contributed by atoms with E-state index < -0.39 is 13.0 Å². The van der Waals surface area contributed by atoms with Gasteiger partial charge in [0.15, 0.2) is 0 Å². The van der Waals surface area contributed by atoms with Crippen molar-refractivity contribution in [2.24, 2.45) is 0 Å². The highest BCUT2D eigenvalue weighted by molar-refractivity contribution is 6.76. The largest absolute Gasteiger partial charge is 0.466 e. The van der Waals surface area contributed by atoms with E-state index in [1.807, 2.05) is 0 Å². The van der Waals surface area contributed by atoms with Gasteiger partial charge in [-0.3, -0.25) is 10.1 Å². The molecule has 22 heavy (non-hydrogen) atoms. The smallest absolute Gasteiger partial charge is 0.350 e. The fourth-order valence-electron chi connectivity index (χ4n) is 1.97. The summed E-state index contributed by atoms with van der Waals surface area (Å²) in [5, 5.41) is 15.2. The second-order valence-corrected chi connectivity index (χ2v) is 12.2. The van der Waals surface area contributed by atoms with Crippen LogP contribution in [0.25, 0.3) is 0 Å². The highest BCUT2D eigenvalue weighted by Crippen LogP contribution is 2.27. The Morgan fingerprint density at radius 3 is 2.91 bits per heavy atom. The molecule has 1 aromatic rings. The second-order valence-electron chi connectivity index (χ2n) is 6.57. The van der Waals surface area contributed by atoms with Crippen LogP contribution in [0.4, 0.5) is 5.69 Å². The predicted octanol–water partition coefficient (Wildman–Crippen LogP) is 2.27. The van der Waals surface area contributed by atoms with Crippen LogP contribution >= 0.6 is 0 Å². The Bertz CT molecular complexity index is 508. The van der Waals surface area contributed by atoms with Gasteiger partial charge < -0.3 is 14.2 Å². The Kier molecular flexibility index (Phi) is 5.54. The number of hydrogen-bond acceptors (Lipinski definition) is 6. The fraction of sp³-hybridized carbons (Fsp3) is 0.769. The molecule has 1 aliphatic rings. The van der Waals surface area contributed by atoms with Crippen molar-refractivity contribution < 1.29 is 19.1 Å². The molecule has 0 saturated carbocycles. The molecule has 8 nitrogen and oxygen atoms in total. The van der Waals surface area contributed by atoms with E-state index in [1.54, 1.807) is 0 Å². The van der Waals surface area contributed by atoms with Gasteiger partial charge in [-0.2, -0.15) is 0 Å². The molecular formula is C13H23N3O5Si. The number of rotatable bonds is 8. The lowest BCUT2D eigenvalue weighted by atomic mass is 10.3. The van der Waals surface area contributed by atoms with Gasteiger partial charge in [0.25, 0.3) is 0 Å². The van der Waals surface area contributed by atoms with Crippen molar-refractivity contribution in [3.05, 3.63) is 16.3 Å². The lowest BCUT2D eigenvalue weighted by Crippen LogP contribution is -2.22. The molecule has 2 rings (SSSR count). The second kappa shape index (κ2) is 7.21. The Labute approximate surface area is 130 Å². The molecule has 0 radical (unpaired) electrons. The standard InChI is InChI=1S/C13H23N3O5Si/c1-22(2,3)7-6-20-10-15-8-12(16(17)18)13(14-15)21-11-4-5-19-9-11/h8,11H,4-7,9-10H2,1-3H3/t11-/m1/s1. The molecule has 1 aromatic heterocycles. The summed E-state index contributed by atoms with van der Waals surface area (Å²) < 4.78 is 17.7. The Balaban J connectivity index is 1.92. The molecule has 0 aliphatic carbocycles. The van der Waals surface area contributed by atoms with E-state index in [9.17, 15) is 10.1 Å². The third-order valence-electron chi connectivity index (χ3n) is 3.29. The molecule has 2 heterocycles. The molecule has 0 amide bonds. The lowest BCUT2D eigenvalue weighted by molar-refractivity contribution is -0.386. The van der Waals surface area contributed by atoms with E-state index >= 15 is 0 Å². The maximum atomic E-state index is 11.1. The van der Waals surface area contributed by atoms with Crippen molar-refractivity contribution in [3.8, 4) is 5.88 Å². The summed E-state index contributed by atoms with van der Waals surface area (Å²) in [4.78, 5) is 10.6. The maximum absolute atomic E-state index is 11.1. The van der Waals surface area contributed by atoms with Crippen LogP contribution in [0.5, 0.6) is 5.88 Å². The first-order valence-corrected chi connectivity index (χ1v) is 11.1. The molecule has 1 aliphatic heterocycles. The van der Waals surface area contributed by atoms with Gasteiger partial charge in [-0.1, -0.05) is 19.6 Å². The molecule has 9 heteroatoms. The van der Waals surface area contributed by atoms with Crippen molar-refractivity contribution in [1.29, 1.82) is 0 Å². The summed E-state index contributed by atoms with van der Waals surface area (Å²) in [7, 11) is -1.15. The van der Waals surface area contributed by atoms with Gasteiger partial charge in [-0.25, -0.2) is 4.68 Å². The number of nitro groups is 1. The molecule has 0 bridgehead atoms. The Hall–Kier alpha value is -1.45. The summed E-state index contributed by atoms with van der Waals surface area (Å²) in [6, 6.07) is 1.04. The Morgan fingerprint density at radius 2 is 2.32 bits per heavy atom. The van der Waals surface area contributed by atoms with Gasteiger partial charge in [0.05, 0.1) is 18.1 Å². The molecule has 1 fully saturated rings. The first-order valence-electron chi connectivity index (χ1n) is 7.39. The fourth-order valence-corrected chi connectivity index (χ4v) is 2.73. The summed E-state index contributed by atoms with van der Waals surface area (Å²) in [5.41, 5.74) is -0.138. The third kappa shape index (κ3) is 5.07. The molecular weight excluding hydrogens is 306 g/mol. The first-order chi connectivity index (χ1) is 10.3. The molecule has 1 atom stereocenters. The summed E-state index contributed by atoms with van der Waals surface area (Å²) in [6.07, 6.45) is 1.89. The molecule has 0 N–H and O–H groups in total. The van der Waals surface area contributed by atoms with E-state index in [1.165, 1.54) is 10.9 Å². The van der Waals surface area contributed by atoms with E-state index in [4.69, 9.17) is 14.2 Å². The number of nitrogens with zero attached hydrogens (tertiary/aromatic N) is 3. The van der Waals surface area contributed by atoms with Crippen LogP contribution in [0.3, 0.4) is 0 Å². The summed E-state index contributed by atoms with van der Waals surface area (Å²) in [5.74, 6) is 0.0364. The summed E-state index contributed by atoms with van der Waals surface area (Å²) >= 11 is 0. The average molecular weight is 329 g/mol. The highest BCUT2D eigenvalue weighted by Gasteiger charge is 2.26. The molecule has 1 saturated heterocycles. The van der Waals surface area contributed by atoms with Crippen molar-refractivity contribution in [1.82, 2.24) is 9.78 Å². The molecule has 0 aromatic carbocycles. The van der Waals surface area contributed by atoms with Gasteiger partial charge >= 0.3 is 11.6 Å². The van der Waals surface area contributed by atoms with Gasteiger partial charge in [-0.15, -0.1) is 5.10 Å². The van der Waals surface area contributed by atoms with Crippen molar-refractivity contribution >= 4 is 13.8 Å². The minimum absolute atomic E-state index is 0.0364. The zero-order valence-electron chi connectivity index (χ0n) is 13.3. The molecule has 124 valence electrons. The van der Waals surface area contributed by atoms with Crippen LogP contribution in [-0.2, 0) is 16.2 Å². The van der Waals surface area contributed by atoms with Crippen LogP contribution in [0, 0.1) is 10.1 Å². The predicted molar refractivity (Wildman–Crippen MR) is 82.8 cm³/mol. The van der Waals surface area contributed by atoms with E-state index in [-0.39, 0.29) is 24.4 Å². The van der Waals surface area contributed by atoms with Gasteiger partial charge in [0.2, 0.25) is 0 Å². The topological polar surface area (TPSA) is 88.7 Å². The zero-order chi connectivity index (χ0) is 16.2. The Morgan fingerprint density at radius 1 is 1.55 bits per heavy atom. The van der Waals surface area contributed by atoms with E-state index in [0.717, 1.165) is 12.5 Å². The van der Waals surface area contributed by atoms with Crippen LogP contribution < -0.4 is 4.74 Å². The van der Waals surface area contributed by atoms with Gasteiger partial charge in [0.1, 0.15) is 19.0 Å². The molecule has 0 spiro atoms. The van der Waals surface area contributed by atoms with Crippen LogP contribution in [0.2, 0.25) is 25.7 Å². The lowest BCUT2D eigenvalue weighted by Gasteiger charge is -2.15. The van der Waals surface area contributed by atoms with Crippen molar-refractivity contribution in [3.63, 3.8) is 0 Å².